The highest BCUT2D eigenvalue weighted by molar-refractivity contribution is 7.97. The van der Waals surface area contributed by atoms with Gasteiger partial charge in [-0.25, -0.2) is 9.97 Å². The summed E-state index contributed by atoms with van der Waals surface area (Å²) >= 11 is 1.90. The summed E-state index contributed by atoms with van der Waals surface area (Å²) in [5.41, 5.74) is 3.96. The van der Waals surface area contributed by atoms with E-state index in [9.17, 15) is 23.2 Å². The normalized spacial score (nSPS) is 20.1. The average Bonchev–Trinajstić information content (AvgIpc) is 3.07. The molecule has 3 amide bonds. The molecule has 3 fully saturated rings. The summed E-state index contributed by atoms with van der Waals surface area (Å²) in [6.45, 7) is 4.25. The van der Waals surface area contributed by atoms with Crippen LogP contribution in [0.3, 0.4) is 0 Å². The van der Waals surface area contributed by atoms with E-state index in [2.05, 4.69) is 53.6 Å². The Bertz CT molecular complexity index is 1400. The van der Waals surface area contributed by atoms with Crippen molar-refractivity contribution < 1.29 is 27.9 Å². The SMILES string of the molecule is Cc1cc(N(C)C2CCC(=O)NC2=O)c(N(C)C=O)cc1C1CCN(CCCSN2CCC(Nc3ncc(OC(F)F)cn3)CC2)CC1. The number of halogens is 2. The van der Waals surface area contributed by atoms with Gasteiger partial charge in [0, 0.05) is 45.4 Å². The largest absolute Gasteiger partial charge is 0.432 e. The third-order valence-corrected chi connectivity index (χ3v) is 10.7. The Balaban J connectivity index is 1.04. The Kier molecular flexibility index (Phi) is 12.4. The number of rotatable bonds is 14. The summed E-state index contributed by atoms with van der Waals surface area (Å²) in [6.07, 6.45) is 9.16. The first-order valence-electron chi connectivity index (χ1n) is 16.6. The summed E-state index contributed by atoms with van der Waals surface area (Å²) in [4.78, 5) is 50.3. The lowest BCUT2D eigenvalue weighted by Gasteiger charge is -2.36. The van der Waals surface area contributed by atoms with Crippen LogP contribution < -0.4 is 25.2 Å². The van der Waals surface area contributed by atoms with Crippen LogP contribution in [0, 0.1) is 6.92 Å². The van der Waals surface area contributed by atoms with Crippen LogP contribution in [-0.2, 0) is 14.4 Å². The predicted octanol–water partition coefficient (Wildman–Crippen LogP) is 4.01. The lowest BCUT2D eigenvalue weighted by Crippen LogP contribution is -2.51. The number of likely N-dealkylation sites (tertiary alicyclic amines) is 1. The summed E-state index contributed by atoms with van der Waals surface area (Å²) in [6, 6.07) is 3.97. The van der Waals surface area contributed by atoms with E-state index in [0.29, 0.717) is 24.7 Å². The number of nitrogens with zero attached hydrogens (tertiary/aromatic N) is 6. The number of ether oxygens (including phenoxy) is 1. The topological polar surface area (TPSA) is 123 Å². The molecule has 0 aliphatic carbocycles. The van der Waals surface area contributed by atoms with E-state index < -0.39 is 12.7 Å². The predicted molar refractivity (Wildman–Crippen MR) is 183 cm³/mol. The zero-order valence-electron chi connectivity index (χ0n) is 27.9. The number of benzene rings is 1. The molecule has 0 saturated carbocycles. The molecule has 3 saturated heterocycles. The van der Waals surface area contributed by atoms with E-state index in [1.165, 1.54) is 18.0 Å². The van der Waals surface area contributed by atoms with Gasteiger partial charge in [0.05, 0.1) is 23.8 Å². The molecular weight excluding hydrogens is 642 g/mol. The number of aryl methyl sites for hydroxylation is 1. The minimum Gasteiger partial charge on any atom is -0.432 e. The quantitative estimate of drug-likeness (QED) is 0.130. The van der Waals surface area contributed by atoms with Crippen molar-refractivity contribution in [3.63, 3.8) is 0 Å². The molecule has 12 nitrogen and oxygen atoms in total. The van der Waals surface area contributed by atoms with Gasteiger partial charge in [0.25, 0.3) is 0 Å². The molecule has 0 spiro atoms. The van der Waals surface area contributed by atoms with Crippen molar-refractivity contribution >= 4 is 47.5 Å². The molecule has 1 unspecified atom stereocenters. The van der Waals surface area contributed by atoms with Crippen LogP contribution in [-0.4, -0.2) is 109 Å². The number of anilines is 3. The van der Waals surface area contributed by atoms with Crippen LogP contribution in [0.1, 0.15) is 62.0 Å². The van der Waals surface area contributed by atoms with Crippen molar-refractivity contribution in [2.75, 3.05) is 67.7 Å². The number of hydrogen-bond donors (Lipinski definition) is 2. The van der Waals surface area contributed by atoms with Crippen molar-refractivity contribution in [3.8, 4) is 5.75 Å². The molecule has 1 aromatic heterocycles. The Morgan fingerprint density at radius 2 is 1.77 bits per heavy atom. The van der Waals surface area contributed by atoms with Crippen LogP contribution >= 0.6 is 11.9 Å². The van der Waals surface area contributed by atoms with Crippen LogP contribution in [0.15, 0.2) is 24.5 Å². The second kappa shape index (κ2) is 16.7. The van der Waals surface area contributed by atoms with Gasteiger partial charge in [0.15, 0.2) is 5.75 Å². The van der Waals surface area contributed by atoms with E-state index in [-0.39, 0.29) is 23.6 Å². The van der Waals surface area contributed by atoms with Gasteiger partial charge in [-0.2, -0.15) is 8.78 Å². The molecule has 4 heterocycles. The number of likely N-dealkylation sites (N-methyl/N-ethyl adjacent to an activating group) is 1. The van der Waals surface area contributed by atoms with E-state index >= 15 is 0 Å². The first-order valence-corrected chi connectivity index (χ1v) is 17.6. The number of hydrogen-bond acceptors (Lipinski definition) is 11. The first-order chi connectivity index (χ1) is 23.1. The molecular formula is C33H46F2N8O4S. The molecule has 0 radical (unpaired) electrons. The van der Waals surface area contributed by atoms with Gasteiger partial charge in [-0.1, -0.05) is 11.9 Å². The summed E-state index contributed by atoms with van der Waals surface area (Å²) in [5, 5.41) is 5.73. The molecule has 3 aliphatic heterocycles. The number of aromatic nitrogens is 2. The van der Waals surface area contributed by atoms with Crippen LogP contribution in [0.4, 0.5) is 26.1 Å². The molecule has 3 aliphatic rings. The monoisotopic (exact) mass is 688 g/mol. The van der Waals surface area contributed by atoms with E-state index in [1.54, 1.807) is 11.9 Å². The Morgan fingerprint density at radius 1 is 1.06 bits per heavy atom. The van der Waals surface area contributed by atoms with Gasteiger partial charge in [-0.3, -0.25) is 24.0 Å². The fraction of sp³-hybridized carbons (Fsp3) is 0.606. The van der Waals surface area contributed by atoms with Gasteiger partial charge in [-0.05, 0) is 94.3 Å². The molecule has 262 valence electrons. The lowest BCUT2D eigenvalue weighted by molar-refractivity contribution is -0.134. The Labute approximate surface area is 285 Å². The highest BCUT2D eigenvalue weighted by Crippen LogP contribution is 2.39. The van der Waals surface area contributed by atoms with Gasteiger partial charge in [-0.15, -0.1) is 0 Å². The molecule has 0 bridgehead atoms. The van der Waals surface area contributed by atoms with E-state index in [0.717, 1.165) is 93.9 Å². The fourth-order valence-electron chi connectivity index (χ4n) is 6.79. The number of piperidine rings is 3. The van der Waals surface area contributed by atoms with E-state index in [4.69, 9.17) is 0 Å². The highest BCUT2D eigenvalue weighted by Gasteiger charge is 2.32. The maximum Gasteiger partial charge on any atom is 0.387 e. The summed E-state index contributed by atoms with van der Waals surface area (Å²) < 4.78 is 31.4. The van der Waals surface area contributed by atoms with Crippen molar-refractivity contribution in [1.29, 1.82) is 0 Å². The first kappa shape index (κ1) is 35.7. The number of imide groups is 1. The van der Waals surface area contributed by atoms with Crippen molar-refractivity contribution in [3.05, 3.63) is 35.7 Å². The molecule has 5 rings (SSSR count). The van der Waals surface area contributed by atoms with Gasteiger partial charge < -0.3 is 24.8 Å². The number of carbonyl (C=O) groups is 3. The minimum atomic E-state index is -2.89. The fourth-order valence-corrected chi connectivity index (χ4v) is 7.78. The van der Waals surface area contributed by atoms with Crippen molar-refractivity contribution in [2.45, 2.75) is 76.5 Å². The van der Waals surface area contributed by atoms with Crippen LogP contribution in [0.5, 0.6) is 5.75 Å². The summed E-state index contributed by atoms with van der Waals surface area (Å²) in [7, 11) is 3.58. The third kappa shape index (κ3) is 9.32. The molecule has 48 heavy (non-hydrogen) atoms. The minimum absolute atomic E-state index is 0.0535. The van der Waals surface area contributed by atoms with Gasteiger partial charge >= 0.3 is 6.61 Å². The third-order valence-electron chi connectivity index (χ3n) is 9.52. The van der Waals surface area contributed by atoms with Crippen molar-refractivity contribution in [1.82, 2.24) is 24.5 Å². The molecule has 1 atom stereocenters. The molecule has 1 aromatic carbocycles. The zero-order valence-corrected chi connectivity index (χ0v) is 28.7. The number of nitrogens with one attached hydrogen (secondary N) is 2. The van der Waals surface area contributed by atoms with Crippen molar-refractivity contribution in [2.24, 2.45) is 0 Å². The number of alkyl halides is 2. The molecule has 2 aromatic rings. The smallest absolute Gasteiger partial charge is 0.387 e. The van der Waals surface area contributed by atoms with Crippen LogP contribution in [0.2, 0.25) is 0 Å². The second-order valence-corrected chi connectivity index (χ2v) is 13.9. The Morgan fingerprint density at radius 3 is 2.42 bits per heavy atom. The van der Waals surface area contributed by atoms with Crippen LogP contribution in [0.25, 0.3) is 0 Å². The Hall–Kier alpha value is -3.56. The number of carbonyl (C=O) groups excluding carboxylic acids is 3. The maximum atomic E-state index is 12.6. The van der Waals surface area contributed by atoms with E-state index in [1.807, 2.05) is 23.9 Å². The lowest BCUT2D eigenvalue weighted by atomic mass is 9.86. The highest BCUT2D eigenvalue weighted by atomic mass is 32.2. The standard InChI is InChI=1S/C33H46F2N8O4S/c1-22-17-29(41(3)27-5-6-30(45)39-31(27)46)28(40(2)21-44)18-26(22)23-7-12-42(13-8-23)11-4-16-48-43-14-9-24(10-15-43)38-33-36-19-25(20-37-33)47-32(34)35/h17-21,23-24,27,32H,4-16H2,1-3H3,(H,36,37,38)(H,39,45,46). The molecule has 15 heteroatoms. The maximum absolute atomic E-state index is 12.6. The zero-order chi connectivity index (χ0) is 34.2. The van der Waals surface area contributed by atoms with Gasteiger partial charge in [0.1, 0.15) is 6.04 Å². The average molecular weight is 689 g/mol. The number of amides is 3. The molecule has 2 N–H and O–H groups in total. The summed E-state index contributed by atoms with van der Waals surface area (Å²) in [5.74, 6) is 1.28. The second-order valence-electron chi connectivity index (χ2n) is 12.8. The van der Waals surface area contributed by atoms with Gasteiger partial charge in [0.2, 0.25) is 24.2 Å².